The Morgan fingerprint density at radius 2 is 1.47 bits per heavy atom. The first-order valence-electron chi connectivity index (χ1n) is 26.8. The van der Waals surface area contributed by atoms with Gasteiger partial charge in [-0.15, -0.1) is 0 Å². The van der Waals surface area contributed by atoms with Crippen molar-refractivity contribution in [3.05, 3.63) is 77.6 Å². The van der Waals surface area contributed by atoms with Crippen LogP contribution in [0.3, 0.4) is 0 Å². The molecule has 420 valence electrons. The number of ether oxygens (including phenoxy) is 1. The van der Waals surface area contributed by atoms with E-state index in [2.05, 4.69) is 105 Å². The summed E-state index contributed by atoms with van der Waals surface area (Å²) in [4.78, 5) is 64.9. The molecule has 0 fully saturated rings. The summed E-state index contributed by atoms with van der Waals surface area (Å²) in [5, 5.41) is 1.24. The molecule has 4 aromatic rings. The number of hydrogen-bond donors (Lipinski definition) is 4. The Kier molecular flexibility index (Phi) is 42.7. The van der Waals surface area contributed by atoms with E-state index in [1.54, 1.807) is 11.8 Å². The number of pyridine rings is 1. The van der Waals surface area contributed by atoms with Crippen LogP contribution in [0.2, 0.25) is 0 Å². The fourth-order valence-corrected chi connectivity index (χ4v) is 8.43. The summed E-state index contributed by atoms with van der Waals surface area (Å²) in [6.07, 6.45) is 15.6. The lowest BCUT2D eigenvalue weighted by atomic mass is 9.83. The number of carbonyl (C=O) groups is 5. The van der Waals surface area contributed by atoms with Crippen LogP contribution >= 0.6 is 11.8 Å². The van der Waals surface area contributed by atoms with Crippen LogP contribution in [0, 0.1) is 11.3 Å². The van der Waals surface area contributed by atoms with E-state index in [0.717, 1.165) is 69.9 Å². The average Bonchev–Trinajstić information content (AvgIpc) is 3.71. The zero-order valence-electron chi connectivity index (χ0n) is 49.0. The molecule has 0 spiro atoms. The molecule has 15 heteroatoms. The van der Waals surface area contributed by atoms with Crippen LogP contribution in [0.1, 0.15) is 165 Å². The molecule has 2 aromatic carbocycles. The molecule has 2 heterocycles. The van der Waals surface area contributed by atoms with E-state index in [1.165, 1.54) is 68.2 Å². The summed E-state index contributed by atoms with van der Waals surface area (Å²) >= 11 is 1.75. The normalized spacial score (nSPS) is 11.0. The number of carbonyl (C=O) groups excluding carboxylic acids is 5. The first-order chi connectivity index (χ1) is 35.5. The van der Waals surface area contributed by atoms with Gasteiger partial charge in [-0.1, -0.05) is 119 Å². The highest BCUT2D eigenvalue weighted by Crippen LogP contribution is 2.42. The van der Waals surface area contributed by atoms with Crippen molar-refractivity contribution in [2.45, 2.75) is 173 Å². The minimum Gasteiger partial charge on any atom is -0.467 e. The molecular weight excluding hydrogens is 949 g/mol. The molecule has 0 saturated heterocycles. The lowest BCUT2D eigenvalue weighted by Crippen LogP contribution is -2.53. The van der Waals surface area contributed by atoms with Crippen molar-refractivity contribution >= 4 is 53.1 Å². The van der Waals surface area contributed by atoms with E-state index in [0.29, 0.717) is 38.5 Å². The van der Waals surface area contributed by atoms with E-state index in [1.807, 2.05) is 80.2 Å². The molecular formula is C59H102N8O6S. The van der Waals surface area contributed by atoms with E-state index >= 15 is 0 Å². The van der Waals surface area contributed by atoms with Gasteiger partial charge in [-0.3, -0.25) is 35.8 Å². The van der Waals surface area contributed by atoms with Gasteiger partial charge in [0.25, 0.3) is 6.47 Å². The van der Waals surface area contributed by atoms with Crippen molar-refractivity contribution < 1.29 is 28.7 Å². The van der Waals surface area contributed by atoms with Gasteiger partial charge >= 0.3 is 0 Å². The Bertz CT molecular complexity index is 2140. The number of aromatic nitrogens is 2. The van der Waals surface area contributed by atoms with Crippen molar-refractivity contribution in [2.75, 3.05) is 45.8 Å². The standard InChI is InChI=1S/C38H48N2O3.C14H27N3O3.C2H6S.2C2H6.CH5N.H4N2/c1-6-28(3)36-32(18-14-21-39-36)37-34(25-38(4,5)26-43-27-42)33-24-31(19-20-35(33)40(37)7-2)30-17-13-16-29(23-30)15-11-9-8-10-12-22-41;1-6-8-17(13(10(3)4)14(15)20)12(19)9-16(7-2)11(5)18;1-3-2;4*1-2/h13-14,16-24,27-28H,6-12,15,25-26H2,1-5H3;10,13H,6-9H2,1-5H3,(H2,15,20);1-2H3;2*1-2H3;2H2,1H3;1-2H2. The van der Waals surface area contributed by atoms with Gasteiger partial charge in [-0.25, -0.2) is 0 Å². The second-order valence-electron chi connectivity index (χ2n) is 18.2. The van der Waals surface area contributed by atoms with Crippen LogP contribution in [-0.4, -0.2) is 102 Å². The van der Waals surface area contributed by atoms with Crippen molar-refractivity contribution in [1.29, 1.82) is 0 Å². The maximum Gasteiger partial charge on any atom is 0.293 e. The second-order valence-corrected chi connectivity index (χ2v) is 19.1. The van der Waals surface area contributed by atoms with Crippen molar-refractivity contribution in [3.63, 3.8) is 0 Å². The van der Waals surface area contributed by atoms with Gasteiger partial charge in [-0.2, -0.15) is 11.8 Å². The molecule has 3 amide bonds. The zero-order valence-corrected chi connectivity index (χ0v) is 49.8. The Morgan fingerprint density at radius 1 is 0.865 bits per heavy atom. The number of hydrogen-bond acceptors (Lipinski definition) is 11. The largest absolute Gasteiger partial charge is 0.467 e. The molecule has 0 radical (unpaired) electrons. The van der Waals surface area contributed by atoms with Crippen LogP contribution in [0.25, 0.3) is 33.3 Å². The number of primary amides is 1. The number of amides is 3. The summed E-state index contributed by atoms with van der Waals surface area (Å²) < 4.78 is 7.73. The summed E-state index contributed by atoms with van der Waals surface area (Å²) in [6, 6.07) is 19.4. The van der Waals surface area contributed by atoms with Gasteiger partial charge in [0.15, 0.2) is 0 Å². The quantitative estimate of drug-likeness (QED) is 0.0211. The van der Waals surface area contributed by atoms with E-state index in [-0.39, 0.29) is 29.7 Å². The molecule has 2 aromatic heterocycles. The topological polar surface area (TPSA) is 223 Å². The molecule has 0 saturated carbocycles. The molecule has 2 unspecified atom stereocenters. The molecule has 2 atom stereocenters. The molecule has 4 rings (SSSR count). The molecule has 8 N–H and O–H groups in total. The van der Waals surface area contributed by atoms with Gasteiger partial charge in [0.05, 0.1) is 24.5 Å². The highest BCUT2D eigenvalue weighted by Gasteiger charge is 2.32. The second kappa shape index (κ2) is 43.2. The van der Waals surface area contributed by atoms with Crippen LogP contribution in [0.5, 0.6) is 0 Å². The number of rotatable bonds is 25. The lowest BCUT2D eigenvalue weighted by molar-refractivity contribution is -0.144. The van der Waals surface area contributed by atoms with Gasteiger partial charge in [-0.05, 0) is 130 Å². The zero-order chi connectivity index (χ0) is 57.4. The van der Waals surface area contributed by atoms with Crippen molar-refractivity contribution in [1.82, 2.24) is 19.4 Å². The number of thioether (sulfide) groups is 1. The molecule has 0 aliphatic rings. The van der Waals surface area contributed by atoms with Crippen molar-refractivity contribution in [2.24, 2.45) is 34.5 Å². The first kappa shape index (κ1) is 73.2. The maximum atomic E-state index is 12.4. The molecule has 0 aliphatic heterocycles. The van der Waals surface area contributed by atoms with E-state index in [4.69, 9.17) is 15.5 Å². The number of benzene rings is 2. The van der Waals surface area contributed by atoms with E-state index in [9.17, 15) is 24.0 Å². The minimum atomic E-state index is -0.631. The van der Waals surface area contributed by atoms with Gasteiger partial charge in [0.1, 0.15) is 12.3 Å². The third-order valence-electron chi connectivity index (χ3n) is 11.8. The number of fused-ring (bicyclic) bond motifs is 1. The highest BCUT2D eigenvalue weighted by atomic mass is 32.2. The monoisotopic (exact) mass is 1050 g/mol. The number of aldehydes is 1. The summed E-state index contributed by atoms with van der Waals surface area (Å²) in [6.45, 7) is 30.6. The molecule has 0 aliphatic carbocycles. The Balaban J connectivity index is -0.00000136. The highest BCUT2D eigenvalue weighted by molar-refractivity contribution is 7.97. The number of unbranched alkanes of at least 4 members (excludes halogenated alkanes) is 4. The number of likely N-dealkylation sites (N-methyl/N-ethyl adjacent to an activating group) is 1. The summed E-state index contributed by atoms with van der Waals surface area (Å²) in [5.41, 5.74) is 19.5. The van der Waals surface area contributed by atoms with Gasteiger partial charge in [0.2, 0.25) is 17.7 Å². The average molecular weight is 1050 g/mol. The maximum absolute atomic E-state index is 12.4. The Morgan fingerprint density at radius 3 is 1.99 bits per heavy atom. The fraction of sp³-hybridized carbons (Fsp3) is 0.593. The van der Waals surface area contributed by atoms with Crippen LogP contribution < -0.4 is 23.2 Å². The molecule has 0 bridgehead atoms. The SMILES string of the molecule is CC.CC.CCC(C)c1ncccc1-c1c(CC(C)(C)COC=O)c2cc(-c3cccc(CCCCCCC=O)c3)ccc2n1CC.CCCN(C(=O)CN(CC)C(C)=O)C(C(N)=O)C(C)C.CN.CSC.NN. The van der Waals surface area contributed by atoms with Crippen LogP contribution in [0.15, 0.2) is 60.8 Å². The number of nitrogens with two attached hydrogens (primary N) is 4. The first-order valence-corrected chi connectivity index (χ1v) is 28.5. The predicted molar refractivity (Wildman–Crippen MR) is 316 cm³/mol. The third-order valence-corrected chi connectivity index (χ3v) is 11.8. The number of nitrogens with zero attached hydrogens (tertiary/aromatic N) is 4. The summed E-state index contributed by atoms with van der Waals surface area (Å²) in [7, 11) is 1.50. The van der Waals surface area contributed by atoms with Crippen LogP contribution in [-0.2, 0) is 48.1 Å². The van der Waals surface area contributed by atoms with E-state index < -0.39 is 11.9 Å². The molecule has 74 heavy (non-hydrogen) atoms. The minimum absolute atomic E-state index is 0.0116. The fourth-order valence-electron chi connectivity index (χ4n) is 8.43. The smallest absolute Gasteiger partial charge is 0.293 e. The van der Waals surface area contributed by atoms with Gasteiger partial charge in [0, 0.05) is 61.1 Å². The number of aryl methyl sites for hydroxylation is 2. The third kappa shape index (κ3) is 25.0. The molecule has 14 nitrogen and oxygen atoms in total. The predicted octanol–water partition coefficient (Wildman–Crippen LogP) is 11.4. The van der Waals surface area contributed by atoms with Crippen molar-refractivity contribution in [3.8, 4) is 22.4 Å². The van der Waals surface area contributed by atoms with Gasteiger partial charge < -0.3 is 35.4 Å². The lowest BCUT2D eigenvalue weighted by Gasteiger charge is -2.33. The Labute approximate surface area is 452 Å². The summed E-state index contributed by atoms with van der Waals surface area (Å²) in [5.74, 6) is 7.38. The number of hydrazine groups is 1. The van der Waals surface area contributed by atoms with Crippen LogP contribution in [0.4, 0.5) is 0 Å². The Hall–Kier alpha value is -5.09.